The van der Waals surface area contributed by atoms with E-state index in [9.17, 15) is 0 Å². The second-order valence-electron chi connectivity index (χ2n) is 15.0. The zero-order valence-corrected chi connectivity index (χ0v) is 31.1. The van der Waals surface area contributed by atoms with Crippen molar-refractivity contribution >= 4 is 0 Å². The zero-order chi connectivity index (χ0) is 37.0. The highest BCUT2D eigenvalue weighted by Gasteiger charge is 2.25. The van der Waals surface area contributed by atoms with Gasteiger partial charge in [-0.15, -0.1) is 0 Å². The Hall–Kier alpha value is -6.92. The summed E-state index contributed by atoms with van der Waals surface area (Å²) in [5, 5.41) is 9.98. The maximum absolute atomic E-state index is 4.99. The second kappa shape index (κ2) is 13.4. The number of aromatic nitrogens is 6. The van der Waals surface area contributed by atoms with E-state index in [2.05, 4.69) is 189 Å². The van der Waals surface area contributed by atoms with Gasteiger partial charge in [-0.1, -0.05) is 78.9 Å². The van der Waals surface area contributed by atoms with Crippen LogP contribution in [-0.4, -0.2) is 28.7 Å². The van der Waals surface area contributed by atoms with Crippen molar-refractivity contribution in [1.82, 2.24) is 28.7 Å². The van der Waals surface area contributed by atoms with Crippen LogP contribution in [0.4, 0.5) is 0 Å². The normalized spacial score (nSPS) is 13.3. The molecule has 11 rings (SSSR count). The minimum absolute atomic E-state index is 1.02. The standard InChI is InChI=1S/C50H40N6/c1-3-18-41(19-4-1)53-28-26-45-47(53)24-10-16-39-33-51-55(49(39)45)43-22-8-14-37(31-43)35-12-7-13-36(30-35)38-15-9-23-44(32-38)56-50-40(34-52-56)17-11-25-48-46(50)27-29-54(48)42-20-5-2-6-21-42/h1-9,12-15,18-23,26-34H,10-11,16-17,24-25H2. The molecule has 0 saturated carbocycles. The van der Waals surface area contributed by atoms with Crippen LogP contribution in [0.15, 0.2) is 170 Å². The quantitative estimate of drug-likeness (QED) is 0.171. The number of para-hydroxylation sites is 2. The Morgan fingerprint density at radius 1 is 0.375 bits per heavy atom. The molecule has 6 heteroatoms. The van der Waals surface area contributed by atoms with Gasteiger partial charge in [0, 0.05) is 46.3 Å². The summed E-state index contributed by atoms with van der Waals surface area (Å²) in [7, 11) is 0. The molecule has 0 amide bonds. The van der Waals surface area contributed by atoms with Crippen LogP contribution in [0.3, 0.4) is 0 Å². The Balaban J connectivity index is 0.933. The Bertz CT molecular complexity index is 2670. The molecule has 270 valence electrons. The maximum Gasteiger partial charge on any atom is 0.0791 e. The van der Waals surface area contributed by atoms with E-state index in [4.69, 9.17) is 10.2 Å². The summed E-state index contributed by atoms with van der Waals surface area (Å²) >= 11 is 0. The summed E-state index contributed by atoms with van der Waals surface area (Å²) in [5.41, 5.74) is 19.4. The Morgan fingerprint density at radius 3 is 1.25 bits per heavy atom. The summed E-state index contributed by atoms with van der Waals surface area (Å²) in [6, 6.07) is 52.4. The van der Waals surface area contributed by atoms with Crippen LogP contribution >= 0.6 is 0 Å². The molecule has 0 fully saturated rings. The van der Waals surface area contributed by atoms with Crippen molar-refractivity contribution in [2.24, 2.45) is 0 Å². The molecule has 2 aliphatic rings. The zero-order valence-electron chi connectivity index (χ0n) is 31.1. The van der Waals surface area contributed by atoms with Gasteiger partial charge in [-0.25, -0.2) is 9.36 Å². The van der Waals surface area contributed by atoms with Crippen LogP contribution in [-0.2, 0) is 25.7 Å². The third-order valence-corrected chi connectivity index (χ3v) is 11.7. The van der Waals surface area contributed by atoms with Crippen LogP contribution in [0.1, 0.15) is 35.4 Å². The van der Waals surface area contributed by atoms with E-state index in [1.165, 1.54) is 67.5 Å². The first-order valence-electron chi connectivity index (χ1n) is 19.7. The highest BCUT2D eigenvalue weighted by molar-refractivity contribution is 5.77. The van der Waals surface area contributed by atoms with Crippen molar-refractivity contribution in [2.45, 2.75) is 38.5 Å². The first-order chi connectivity index (χ1) is 27.8. The number of nitrogens with zero attached hydrogens (tertiary/aromatic N) is 6. The molecule has 0 bridgehead atoms. The van der Waals surface area contributed by atoms with Gasteiger partial charge in [0.25, 0.3) is 0 Å². The van der Waals surface area contributed by atoms with Gasteiger partial charge in [0.05, 0.1) is 35.2 Å². The molecule has 9 aromatic rings. The highest BCUT2D eigenvalue weighted by Crippen LogP contribution is 2.39. The third kappa shape index (κ3) is 5.48. The Labute approximate surface area is 326 Å². The molecule has 6 nitrogen and oxygen atoms in total. The number of hydrogen-bond acceptors (Lipinski definition) is 2. The molecule has 0 unspecified atom stereocenters. The van der Waals surface area contributed by atoms with Crippen LogP contribution in [0.2, 0.25) is 0 Å². The van der Waals surface area contributed by atoms with E-state index in [0.29, 0.717) is 0 Å². The summed E-state index contributed by atoms with van der Waals surface area (Å²) in [4.78, 5) is 0. The topological polar surface area (TPSA) is 45.5 Å². The van der Waals surface area contributed by atoms with Crippen molar-refractivity contribution in [1.29, 1.82) is 0 Å². The van der Waals surface area contributed by atoms with E-state index in [0.717, 1.165) is 61.0 Å². The monoisotopic (exact) mass is 724 g/mol. The molecule has 0 saturated heterocycles. The van der Waals surface area contributed by atoms with Crippen LogP contribution < -0.4 is 0 Å². The van der Waals surface area contributed by atoms with Crippen molar-refractivity contribution in [3.63, 3.8) is 0 Å². The SMILES string of the molecule is c1ccc(-n2ccc3c2CCCc2cnn(-c4cccc(-c5cccc(-c6cccc(-n7ncc8c7-c7ccn(-c9ccccc9)c7CCC8)c6)c5)c4)c2-3)cc1. The van der Waals surface area contributed by atoms with E-state index in [1.807, 2.05) is 0 Å². The van der Waals surface area contributed by atoms with Gasteiger partial charge in [0.2, 0.25) is 0 Å². The number of aryl methyl sites for hydroxylation is 2. The number of fused-ring (bicyclic) bond motifs is 6. The van der Waals surface area contributed by atoms with Crippen molar-refractivity contribution in [3.05, 3.63) is 193 Å². The van der Waals surface area contributed by atoms with Crippen molar-refractivity contribution in [2.75, 3.05) is 0 Å². The lowest BCUT2D eigenvalue weighted by atomic mass is 9.98. The third-order valence-electron chi connectivity index (χ3n) is 11.7. The second-order valence-corrected chi connectivity index (χ2v) is 15.0. The van der Waals surface area contributed by atoms with E-state index in [-0.39, 0.29) is 0 Å². The predicted molar refractivity (Wildman–Crippen MR) is 225 cm³/mol. The van der Waals surface area contributed by atoms with Gasteiger partial charge in [-0.2, -0.15) is 10.2 Å². The summed E-state index contributed by atoms with van der Waals surface area (Å²) in [5.74, 6) is 0. The summed E-state index contributed by atoms with van der Waals surface area (Å²) in [6.45, 7) is 0. The number of hydrogen-bond donors (Lipinski definition) is 0. The maximum atomic E-state index is 4.99. The number of rotatable bonds is 6. The predicted octanol–water partition coefficient (Wildman–Crippen LogP) is 11.3. The molecule has 0 aliphatic heterocycles. The van der Waals surface area contributed by atoms with Crippen LogP contribution in [0.5, 0.6) is 0 Å². The van der Waals surface area contributed by atoms with Gasteiger partial charge in [0.15, 0.2) is 0 Å². The van der Waals surface area contributed by atoms with Gasteiger partial charge in [-0.3, -0.25) is 0 Å². The fourth-order valence-corrected chi connectivity index (χ4v) is 9.03. The average Bonchev–Trinajstić information content (AvgIpc) is 4.04. The molecular weight excluding hydrogens is 685 g/mol. The first kappa shape index (κ1) is 32.5. The van der Waals surface area contributed by atoms with Crippen molar-refractivity contribution < 1.29 is 0 Å². The van der Waals surface area contributed by atoms with E-state index in [1.54, 1.807) is 0 Å². The molecule has 5 aromatic carbocycles. The fourth-order valence-electron chi connectivity index (χ4n) is 9.03. The Kier molecular flexibility index (Phi) is 7.80. The van der Waals surface area contributed by atoms with Gasteiger partial charge >= 0.3 is 0 Å². The summed E-state index contributed by atoms with van der Waals surface area (Å²) in [6.07, 6.45) is 14.9. The first-order valence-corrected chi connectivity index (χ1v) is 19.7. The molecule has 0 N–H and O–H groups in total. The van der Waals surface area contributed by atoms with Gasteiger partial charge < -0.3 is 9.13 Å². The molecule has 4 aromatic heterocycles. The highest BCUT2D eigenvalue weighted by atomic mass is 15.3. The smallest absolute Gasteiger partial charge is 0.0791 e. The van der Waals surface area contributed by atoms with Gasteiger partial charge in [-0.05, 0) is 139 Å². The minimum Gasteiger partial charge on any atom is -0.320 e. The minimum atomic E-state index is 1.02. The molecule has 2 aliphatic carbocycles. The molecule has 0 radical (unpaired) electrons. The molecule has 0 atom stereocenters. The van der Waals surface area contributed by atoms with E-state index >= 15 is 0 Å². The molecule has 56 heavy (non-hydrogen) atoms. The lowest BCUT2D eigenvalue weighted by Gasteiger charge is -2.13. The molecular formula is C50H40N6. The lowest BCUT2D eigenvalue weighted by Crippen LogP contribution is -2.02. The number of benzene rings is 5. The Morgan fingerprint density at radius 2 is 0.786 bits per heavy atom. The van der Waals surface area contributed by atoms with Crippen molar-refractivity contribution in [3.8, 4) is 67.5 Å². The van der Waals surface area contributed by atoms with Crippen LogP contribution in [0, 0.1) is 0 Å². The fraction of sp³-hybridized carbons (Fsp3) is 0.120. The van der Waals surface area contributed by atoms with Crippen LogP contribution in [0.25, 0.3) is 67.5 Å². The van der Waals surface area contributed by atoms with Gasteiger partial charge in [0.1, 0.15) is 0 Å². The largest absolute Gasteiger partial charge is 0.320 e. The molecule has 0 spiro atoms. The van der Waals surface area contributed by atoms with E-state index < -0.39 is 0 Å². The lowest BCUT2D eigenvalue weighted by molar-refractivity contribution is 0.790. The summed E-state index contributed by atoms with van der Waals surface area (Å²) < 4.78 is 9.00. The molecule has 4 heterocycles. The average molecular weight is 725 g/mol.